The monoisotopic (exact) mass is 659 g/mol. The molecular formula is C29H41Cl4N7O2. The molecule has 232 valence electrons. The predicted molar refractivity (Wildman–Crippen MR) is 170 cm³/mol. The number of aryl methyl sites for hydroxylation is 2. The highest BCUT2D eigenvalue weighted by molar-refractivity contribution is 6.32. The number of rotatable bonds is 2. The van der Waals surface area contributed by atoms with E-state index in [1.165, 1.54) is 0 Å². The normalized spacial score (nSPS) is 23.1. The average molecular weight is 662 g/mol. The van der Waals surface area contributed by atoms with Gasteiger partial charge < -0.3 is 16.4 Å². The summed E-state index contributed by atoms with van der Waals surface area (Å²) in [5.74, 6) is 1.04. The highest BCUT2D eigenvalue weighted by Gasteiger charge is 2.34. The molecule has 3 aliphatic carbocycles. The van der Waals surface area contributed by atoms with Gasteiger partial charge in [-0.1, -0.05) is 25.4 Å². The van der Waals surface area contributed by atoms with Gasteiger partial charge in [0.15, 0.2) is 5.78 Å². The van der Waals surface area contributed by atoms with Gasteiger partial charge in [0.1, 0.15) is 11.0 Å². The highest BCUT2D eigenvalue weighted by atomic mass is 35.5. The first-order valence-electron chi connectivity index (χ1n) is 14.4. The molecule has 13 heteroatoms. The molecule has 1 saturated carbocycles. The number of aromatic nitrogens is 4. The van der Waals surface area contributed by atoms with E-state index in [1.807, 2.05) is 13.8 Å². The number of amides is 1. The van der Waals surface area contributed by atoms with Crippen LogP contribution in [-0.2, 0) is 35.3 Å². The van der Waals surface area contributed by atoms with Crippen molar-refractivity contribution in [3.05, 3.63) is 38.2 Å². The van der Waals surface area contributed by atoms with Crippen LogP contribution in [-0.4, -0.2) is 49.2 Å². The second kappa shape index (κ2) is 14.3. The quantitative estimate of drug-likeness (QED) is 0.269. The summed E-state index contributed by atoms with van der Waals surface area (Å²) in [6.45, 7) is 8.33. The van der Waals surface area contributed by atoms with Crippen molar-refractivity contribution in [3.8, 4) is 0 Å². The number of nitrogens with one attached hydrogen (secondary N) is 2. The minimum Gasteiger partial charge on any atom is -0.360 e. The van der Waals surface area contributed by atoms with E-state index in [4.69, 9.17) is 40.5 Å². The lowest BCUT2D eigenvalue weighted by Crippen LogP contribution is -2.55. The number of Topliss-reactive ketones (excluding diaryl/α,β-unsaturated/α-hetero) is 1. The number of hydrogen-bond donors (Lipinski definition) is 3. The zero-order chi connectivity index (χ0) is 29.9. The number of anilines is 1. The summed E-state index contributed by atoms with van der Waals surface area (Å²) in [5, 5.41) is 7.23. The highest BCUT2D eigenvalue weighted by Crippen LogP contribution is 2.35. The third kappa shape index (κ3) is 9.11. The molecular weight excluding hydrogens is 620 g/mol. The lowest BCUT2D eigenvalue weighted by Gasteiger charge is -2.33. The van der Waals surface area contributed by atoms with Crippen molar-refractivity contribution in [1.82, 2.24) is 25.3 Å². The Morgan fingerprint density at radius 1 is 0.833 bits per heavy atom. The molecule has 4 N–H and O–H groups in total. The van der Waals surface area contributed by atoms with Crippen molar-refractivity contribution >= 4 is 64.7 Å². The number of piperidine rings is 1. The molecule has 0 aromatic carbocycles. The van der Waals surface area contributed by atoms with Gasteiger partial charge in [-0.3, -0.25) is 9.59 Å². The first kappa shape index (κ1) is 34.7. The minimum atomic E-state index is -0.284. The number of carbonyl (C=O) groups is 2. The van der Waals surface area contributed by atoms with Crippen LogP contribution in [0, 0.1) is 5.41 Å². The summed E-state index contributed by atoms with van der Waals surface area (Å²) < 4.78 is 0. The first-order chi connectivity index (χ1) is 19.2. The van der Waals surface area contributed by atoms with Gasteiger partial charge in [0.05, 0.1) is 23.5 Å². The van der Waals surface area contributed by atoms with Gasteiger partial charge in [0, 0.05) is 23.1 Å². The summed E-state index contributed by atoms with van der Waals surface area (Å²) >= 11 is 17.4. The molecule has 2 aromatic rings. The molecule has 9 nitrogen and oxygen atoms in total. The van der Waals surface area contributed by atoms with Crippen molar-refractivity contribution in [2.45, 2.75) is 116 Å². The van der Waals surface area contributed by atoms with E-state index in [2.05, 4.69) is 44.4 Å². The fourth-order valence-electron chi connectivity index (χ4n) is 5.71. The van der Waals surface area contributed by atoms with Crippen LogP contribution in [0.2, 0.25) is 15.7 Å². The first-order valence-corrected chi connectivity index (χ1v) is 15.5. The van der Waals surface area contributed by atoms with Gasteiger partial charge in [-0.15, -0.1) is 12.4 Å². The molecule has 2 aromatic heterocycles. The minimum absolute atomic E-state index is 0. The lowest BCUT2D eigenvalue weighted by atomic mass is 9.75. The van der Waals surface area contributed by atoms with Crippen LogP contribution in [0.5, 0.6) is 0 Å². The van der Waals surface area contributed by atoms with Crippen molar-refractivity contribution in [2.24, 2.45) is 11.1 Å². The van der Waals surface area contributed by atoms with Crippen LogP contribution >= 0.6 is 47.2 Å². The molecule has 2 atom stereocenters. The molecule has 6 rings (SSSR count). The zero-order valence-electron chi connectivity index (χ0n) is 24.7. The van der Waals surface area contributed by atoms with Crippen molar-refractivity contribution in [2.75, 3.05) is 5.32 Å². The summed E-state index contributed by atoms with van der Waals surface area (Å²) in [6, 6.07) is -0.410. The summed E-state index contributed by atoms with van der Waals surface area (Å²) in [7, 11) is 0. The van der Waals surface area contributed by atoms with Gasteiger partial charge >= 0.3 is 0 Å². The molecule has 0 unspecified atom stereocenters. The van der Waals surface area contributed by atoms with Crippen molar-refractivity contribution in [1.29, 1.82) is 0 Å². The van der Waals surface area contributed by atoms with E-state index in [9.17, 15) is 9.59 Å². The number of carbonyl (C=O) groups excluding carboxylic acids is 2. The second-order valence-electron chi connectivity index (χ2n) is 12.7. The third-order valence-corrected chi connectivity index (χ3v) is 8.75. The van der Waals surface area contributed by atoms with Gasteiger partial charge in [0.25, 0.3) is 0 Å². The Hall–Kier alpha value is -1.78. The Kier molecular flexibility index (Phi) is 11.8. The van der Waals surface area contributed by atoms with Gasteiger partial charge in [-0.25, -0.2) is 19.9 Å². The topological polar surface area (TPSA) is 136 Å². The van der Waals surface area contributed by atoms with E-state index in [-0.39, 0.29) is 57.7 Å². The zero-order valence-corrected chi connectivity index (χ0v) is 27.7. The Bertz CT molecular complexity index is 1310. The summed E-state index contributed by atoms with van der Waals surface area (Å²) in [4.78, 5) is 39.8. The van der Waals surface area contributed by atoms with Crippen LogP contribution in [0.1, 0.15) is 95.2 Å². The standard InChI is InChI=1S/C15H20ClN3O.C7H6Cl2N2.C7H14N2O.ClH/c1-15(2)7-6-11(12(20)8-15)17-13-9-4-3-5-10(9)18-14(16)19-13;8-6-4-2-1-3-5(4)10-7(9)11-6;1-7(2)4-3-5(8)6(10)9-7;/h11H,3-8H2,1-2H3,(H,17,18,19);1-3H2;5H,3-4,8H2,1-2H3,(H,9,10);1H/t11-;;5-;/m1.1./s1. The number of hydrogen-bond acceptors (Lipinski definition) is 8. The number of nitrogens with two attached hydrogens (primary N) is 1. The Labute approximate surface area is 269 Å². The number of ketones is 1. The maximum atomic E-state index is 12.3. The van der Waals surface area contributed by atoms with Crippen molar-refractivity contribution in [3.63, 3.8) is 0 Å². The molecule has 4 aliphatic rings. The van der Waals surface area contributed by atoms with E-state index >= 15 is 0 Å². The van der Waals surface area contributed by atoms with E-state index in [0.29, 0.717) is 11.6 Å². The fraction of sp³-hybridized carbons (Fsp3) is 0.655. The van der Waals surface area contributed by atoms with Gasteiger partial charge in [0.2, 0.25) is 16.5 Å². The number of halogens is 4. The molecule has 0 bridgehead atoms. The molecule has 2 fully saturated rings. The average Bonchev–Trinajstić information content (AvgIpc) is 3.53. The van der Waals surface area contributed by atoms with Gasteiger partial charge in [-0.2, -0.15) is 0 Å². The van der Waals surface area contributed by atoms with Gasteiger partial charge in [-0.05, 0) is 107 Å². The third-order valence-electron chi connectivity index (χ3n) is 8.10. The lowest BCUT2D eigenvalue weighted by molar-refractivity contribution is -0.126. The molecule has 42 heavy (non-hydrogen) atoms. The van der Waals surface area contributed by atoms with Crippen LogP contribution in [0.4, 0.5) is 5.82 Å². The molecule has 0 radical (unpaired) electrons. The maximum Gasteiger partial charge on any atom is 0.237 e. The largest absolute Gasteiger partial charge is 0.360 e. The molecule has 3 heterocycles. The van der Waals surface area contributed by atoms with E-state index in [0.717, 1.165) is 92.5 Å². The van der Waals surface area contributed by atoms with Crippen LogP contribution < -0.4 is 16.4 Å². The second-order valence-corrected chi connectivity index (χ2v) is 13.8. The van der Waals surface area contributed by atoms with E-state index < -0.39 is 0 Å². The summed E-state index contributed by atoms with van der Waals surface area (Å²) in [5.41, 5.74) is 9.85. The smallest absolute Gasteiger partial charge is 0.237 e. The Morgan fingerprint density at radius 3 is 2.02 bits per heavy atom. The Morgan fingerprint density at radius 2 is 1.43 bits per heavy atom. The number of fused-ring (bicyclic) bond motifs is 2. The van der Waals surface area contributed by atoms with Crippen molar-refractivity contribution < 1.29 is 9.59 Å². The van der Waals surface area contributed by atoms with Crippen LogP contribution in [0.25, 0.3) is 0 Å². The number of nitrogens with zero attached hydrogens (tertiary/aromatic N) is 4. The molecule has 0 spiro atoms. The summed E-state index contributed by atoms with van der Waals surface area (Å²) in [6.07, 6.45) is 10.4. The SMILES string of the molecule is CC1(C)CC[C@@H](N)C(=O)N1.CC1(C)CC[C@@H](Nc2nc(Cl)nc3c2CCC3)C(=O)C1.Cl.Clc1nc(Cl)c2c(n1)CCC2. The predicted octanol–water partition coefficient (Wildman–Crippen LogP) is 5.87. The molecule has 1 aliphatic heterocycles. The molecule has 1 amide bonds. The van der Waals surface area contributed by atoms with Crippen LogP contribution in [0.15, 0.2) is 0 Å². The molecule has 1 saturated heterocycles. The van der Waals surface area contributed by atoms with Crippen LogP contribution in [0.3, 0.4) is 0 Å². The maximum absolute atomic E-state index is 12.3. The Balaban J connectivity index is 0.000000187. The fourth-order valence-corrected chi connectivity index (χ4v) is 6.41. The van der Waals surface area contributed by atoms with E-state index in [1.54, 1.807) is 0 Å².